The highest BCUT2D eigenvalue weighted by atomic mass is 16.2. The van der Waals surface area contributed by atoms with E-state index < -0.39 is 0 Å². The number of benzene rings is 1. The summed E-state index contributed by atoms with van der Waals surface area (Å²) in [4.78, 5) is 13.4. The standard InChI is InChI=1S/C12H18N2O/c1-3-14(2)12(15)8-10-6-4-5-7-11(10)9-13/h4-7H,3,8-9,13H2,1-2H3. The van der Waals surface area contributed by atoms with Crippen molar-refractivity contribution >= 4 is 5.91 Å². The summed E-state index contributed by atoms with van der Waals surface area (Å²) in [5.41, 5.74) is 7.69. The number of nitrogens with zero attached hydrogens (tertiary/aromatic N) is 1. The van der Waals surface area contributed by atoms with Gasteiger partial charge in [-0.2, -0.15) is 0 Å². The molecule has 0 aliphatic carbocycles. The highest BCUT2D eigenvalue weighted by Crippen LogP contribution is 2.09. The second-order valence-electron chi connectivity index (χ2n) is 3.56. The number of nitrogens with two attached hydrogens (primary N) is 1. The molecule has 0 saturated carbocycles. The van der Waals surface area contributed by atoms with Gasteiger partial charge in [-0.3, -0.25) is 4.79 Å². The molecule has 1 amide bonds. The Morgan fingerprint density at radius 1 is 1.33 bits per heavy atom. The molecule has 0 heterocycles. The molecule has 1 aromatic rings. The van der Waals surface area contributed by atoms with Gasteiger partial charge in [0.25, 0.3) is 0 Å². The second kappa shape index (κ2) is 5.51. The first kappa shape index (κ1) is 11.7. The van der Waals surface area contributed by atoms with Crippen LogP contribution < -0.4 is 5.73 Å². The van der Waals surface area contributed by atoms with Crippen molar-refractivity contribution < 1.29 is 4.79 Å². The Kier molecular flexibility index (Phi) is 4.31. The average molecular weight is 206 g/mol. The van der Waals surface area contributed by atoms with Gasteiger partial charge in [-0.15, -0.1) is 0 Å². The third-order valence-electron chi connectivity index (χ3n) is 2.58. The lowest BCUT2D eigenvalue weighted by Crippen LogP contribution is -2.28. The van der Waals surface area contributed by atoms with Crippen LogP contribution in [0.5, 0.6) is 0 Å². The van der Waals surface area contributed by atoms with E-state index in [1.54, 1.807) is 4.90 Å². The number of hydrogen-bond donors (Lipinski definition) is 1. The molecule has 0 bridgehead atoms. The van der Waals surface area contributed by atoms with Crippen molar-refractivity contribution in [1.82, 2.24) is 4.90 Å². The SMILES string of the molecule is CCN(C)C(=O)Cc1ccccc1CN. The van der Waals surface area contributed by atoms with Crippen molar-refractivity contribution in [1.29, 1.82) is 0 Å². The van der Waals surface area contributed by atoms with Crippen LogP contribution in [0.15, 0.2) is 24.3 Å². The van der Waals surface area contributed by atoms with E-state index in [1.807, 2.05) is 38.2 Å². The summed E-state index contributed by atoms with van der Waals surface area (Å²) in [5, 5.41) is 0. The summed E-state index contributed by atoms with van der Waals surface area (Å²) in [5.74, 6) is 0.137. The lowest BCUT2D eigenvalue weighted by molar-refractivity contribution is -0.128. The first-order valence-corrected chi connectivity index (χ1v) is 5.19. The first-order chi connectivity index (χ1) is 7.19. The van der Waals surface area contributed by atoms with E-state index >= 15 is 0 Å². The van der Waals surface area contributed by atoms with Crippen molar-refractivity contribution in [3.8, 4) is 0 Å². The van der Waals surface area contributed by atoms with Gasteiger partial charge in [-0.25, -0.2) is 0 Å². The predicted octanol–water partition coefficient (Wildman–Crippen LogP) is 1.17. The Balaban J connectivity index is 2.76. The maximum atomic E-state index is 11.7. The van der Waals surface area contributed by atoms with Crippen LogP contribution >= 0.6 is 0 Å². The van der Waals surface area contributed by atoms with Crippen molar-refractivity contribution in [2.45, 2.75) is 19.9 Å². The van der Waals surface area contributed by atoms with Crippen molar-refractivity contribution in [3.05, 3.63) is 35.4 Å². The minimum Gasteiger partial charge on any atom is -0.346 e. The minimum atomic E-state index is 0.137. The van der Waals surface area contributed by atoms with Crippen LogP contribution in [-0.4, -0.2) is 24.4 Å². The molecule has 0 fully saturated rings. The van der Waals surface area contributed by atoms with Crippen LogP contribution in [0.2, 0.25) is 0 Å². The Morgan fingerprint density at radius 2 is 1.93 bits per heavy atom. The molecule has 3 nitrogen and oxygen atoms in total. The third-order valence-corrected chi connectivity index (χ3v) is 2.58. The maximum Gasteiger partial charge on any atom is 0.226 e. The smallest absolute Gasteiger partial charge is 0.226 e. The molecule has 0 spiro atoms. The van der Waals surface area contributed by atoms with Crippen LogP contribution in [0.25, 0.3) is 0 Å². The van der Waals surface area contributed by atoms with E-state index in [1.165, 1.54) is 0 Å². The number of likely N-dealkylation sites (N-methyl/N-ethyl adjacent to an activating group) is 1. The fourth-order valence-electron chi connectivity index (χ4n) is 1.40. The number of rotatable bonds is 4. The molecule has 15 heavy (non-hydrogen) atoms. The molecule has 1 rings (SSSR count). The third kappa shape index (κ3) is 3.06. The molecule has 1 aromatic carbocycles. The molecule has 82 valence electrons. The van der Waals surface area contributed by atoms with E-state index in [2.05, 4.69) is 0 Å². The average Bonchev–Trinajstić information content (AvgIpc) is 2.28. The fraction of sp³-hybridized carbons (Fsp3) is 0.417. The number of carbonyl (C=O) groups excluding carboxylic acids is 1. The Bertz CT molecular complexity index is 336. The second-order valence-corrected chi connectivity index (χ2v) is 3.56. The van der Waals surface area contributed by atoms with Crippen molar-refractivity contribution in [2.24, 2.45) is 5.73 Å². The summed E-state index contributed by atoms with van der Waals surface area (Å²) in [7, 11) is 1.81. The summed E-state index contributed by atoms with van der Waals surface area (Å²) in [6.45, 7) is 3.19. The van der Waals surface area contributed by atoms with E-state index in [0.717, 1.165) is 17.7 Å². The number of amides is 1. The van der Waals surface area contributed by atoms with Gasteiger partial charge < -0.3 is 10.6 Å². The quantitative estimate of drug-likeness (QED) is 0.803. The Labute approximate surface area is 90.9 Å². The molecule has 3 heteroatoms. The lowest BCUT2D eigenvalue weighted by Gasteiger charge is -2.15. The van der Waals surface area contributed by atoms with Gasteiger partial charge in [-0.05, 0) is 18.1 Å². The van der Waals surface area contributed by atoms with E-state index in [4.69, 9.17) is 5.73 Å². The van der Waals surface area contributed by atoms with Crippen LogP contribution in [-0.2, 0) is 17.8 Å². The zero-order chi connectivity index (χ0) is 11.3. The molecule has 0 unspecified atom stereocenters. The zero-order valence-corrected chi connectivity index (χ0v) is 9.36. The molecule has 0 aliphatic rings. The van der Waals surface area contributed by atoms with Crippen molar-refractivity contribution in [3.63, 3.8) is 0 Å². The zero-order valence-electron chi connectivity index (χ0n) is 9.36. The largest absolute Gasteiger partial charge is 0.346 e. The van der Waals surface area contributed by atoms with Crippen molar-refractivity contribution in [2.75, 3.05) is 13.6 Å². The monoisotopic (exact) mass is 206 g/mol. The molecule has 0 aromatic heterocycles. The van der Waals surface area contributed by atoms with Gasteiger partial charge in [-0.1, -0.05) is 24.3 Å². The minimum absolute atomic E-state index is 0.137. The van der Waals surface area contributed by atoms with Gasteiger partial charge in [0.1, 0.15) is 0 Å². The Hall–Kier alpha value is -1.35. The van der Waals surface area contributed by atoms with Crippen LogP contribution in [0.1, 0.15) is 18.1 Å². The molecule has 2 N–H and O–H groups in total. The van der Waals surface area contributed by atoms with Gasteiger partial charge in [0.15, 0.2) is 0 Å². The van der Waals surface area contributed by atoms with E-state index in [0.29, 0.717) is 13.0 Å². The van der Waals surface area contributed by atoms with Gasteiger partial charge in [0.2, 0.25) is 5.91 Å². The number of hydrogen-bond acceptors (Lipinski definition) is 2. The molecular formula is C12H18N2O. The molecule has 0 radical (unpaired) electrons. The lowest BCUT2D eigenvalue weighted by atomic mass is 10.0. The molecule has 0 aliphatic heterocycles. The summed E-state index contributed by atoms with van der Waals surface area (Å²) in [6, 6.07) is 7.81. The van der Waals surface area contributed by atoms with Crippen LogP contribution in [0.3, 0.4) is 0 Å². The fourth-order valence-corrected chi connectivity index (χ4v) is 1.40. The number of carbonyl (C=O) groups is 1. The van der Waals surface area contributed by atoms with E-state index in [-0.39, 0.29) is 5.91 Å². The van der Waals surface area contributed by atoms with Crippen LogP contribution in [0, 0.1) is 0 Å². The van der Waals surface area contributed by atoms with E-state index in [9.17, 15) is 4.79 Å². The first-order valence-electron chi connectivity index (χ1n) is 5.19. The van der Waals surface area contributed by atoms with Crippen LogP contribution in [0.4, 0.5) is 0 Å². The molecule has 0 atom stereocenters. The predicted molar refractivity (Wildman–Crippen MR) is 61.3 cm³/mol. The summed E-state index contributed by atoms with van der Waals surface area (Å²) >= 11 is 0. The van der Waals surface area contributed by atoms with Gasteiger partial charge in [0, 0.05) is 20.1 Å². The molecule has 0 saturated heterocycles. The highest BCUT2D eigenvalue weighted by molar-refractivity contribution is 5.78. The normalized spacial score (nSPS) is 10.1. The summed E-state index contributed by atoms with van der Waals surface area (Å²) in [6.07, 6.45) is 0.442. The Morgan fingerprint density at radius 3 is 2.47 bits per heavy atom. The maximum absolute atomic E-state index is 11.7. The highest BCUT2D eigenvalue weighted by Gasteiger charge is 2.09. The van der Waals surface area contributed by atoms with Gasteiger partial charge >= 0.3 is 0 Å². The molecular weight excluding hydrogens is 188 g/mol. The summed E-state index contributed by atoms with van der Waals surface area (Å²) < 4.78 is 0. The topological polar surface area (TPSA) is 46.3 Å². The van der Waals surface area contributed by atoms with Gasteiger partial charge in [0.05, 0.1) is 6.42 Å².